The molecule has 1 rings (SSSR count). The topological polar surface area (TPSA) is 49.7 Å². The van der Waals surface area contributed by atoms with Crippen molar-refractivity contribution in [1.82, 2.24) is 4.31 Å². The Bertz CT molecular complexity index is 466. The first-order chi connectivity index (χ1) is 7.54. The lowest BCUT2D eigenvalue weighted by Crippen LogP contribution is -2.32. The average molecular weight is 240 g/mol. The first-order valence-corrected chi connectivity index (χ1v) is 6.47. The van der Waals surface area contributed by atoms with Crippen molar-refractivity contribution in [2.24, 2.45) is 4.99 Å². The van der Waals surface area contributed by atoms with Crippen molar-refractivity contribution in [3.8, 4) is 0 Å². The standard InChI is InChI=1S/C11H16N2O2S/c1-4-11(12-2)13(3)16(14,15)10-8-6-5-7-9-10/h5-9H,4H2,1-3H3/b12-11+. The van der Waals surface area contributed by atoms with Gasteiger partial charge < -0.3 is 0 Å². The van der Waals surface area contributed by atoms with E-state index in [1.165, 1.54) is 11.4 Å². The average Bonchev–Trinajstić information content (AvgIpc) is 2.31. The van der Waals surface area contributed by atoms with Crippen molar-refractivity contribution in [1.29, 1.82) is 0 Å². The molecule has 88 valence electrons. The van der Waals surface area contributed by atoms with Crippen molar-refractivity contribution >= 4 is 15.9 Å². The third kappa shape index (κ3) is 2.41. The Morgan fingerprint density at radius 3 is 2.31 bits per heavy atom. The normalized spacial score (nSPS) is 12.6. The van der Waals surface area contributed by atoms with Crippen LogP contribution in [-0.2, 0) is 10.0 Å². The first-order valence-electron chi connectivity index (χ1n) is 5.03. The summed E-state index contributed by atoms with van der Waals surface area (Å²) in [5, 5.41) is 0. The molecule has 0 fully saturated rings. The fourth-order valence-electron chi connectivity index (χ4n) is 1.41. The molecule has 0 aliphatic heterocycles. The summed E-state index contributed by atoms with van der Waals surface area (Å²) < 4.78 is 25.5. The van der Waals surface area contributed by atoms with Gasteiger partial charge in [-0.05, 0) is 12.1 Å². The Kier molecular flexibility index (Phi) is 4.06. The van der Waals surface area contributed by atoms with Crippen LogP contribution in [0.1, 0.15) is 13.3 Å². The summed E-state index contributed by atoms with van der Waals surface area (Å²) in [6.45, 7) is 1.87. The van der Waals surface area contributed by atoms with E-state index in [4.69, 9.17) is 0 Å². The van der Waals surface area contributed by atoms with Gasteiger partial charge in [0.1, 0.15) is 5.84 Å². The highest BCUT2D eigenvalue weighted by Gasteiger charge is 2.22. The van der Waals surface area contributed by atoms with E-state index in [0.29, 0.717) is 12.3 Å². The molecule has 0 radical (unpaired) electrons. The van der Waals surface area contributed by atoms with Gasteiger partial charge in [-0.15, -0.1) is 0 Å². The lowest BCUT2D eigenvalue weighted by atomic mass is 10.4. The third-order valence-corrected chi connectivity index (χ3v) is 4.14. The maximum atomic E-state index is 12.1. The molecule has 0 saturated carbocycles. The van der Waals surface area contributed by atoms with Gasteiger partial charge in [-0.3, -0.25) is 9.30 Å². The number of sulfonamides is 1. The number of rotatable bonds is 3. The molecular formula is C11H16N2O2S. The minimum absolute atomic E-state index is 0.284. The largest absolute Gasteiger partial charge is 0.275 e. The predicted octanol–water partition coefficient (Wildman–Crippen LogP) is 1.75. The predicted molar refractivity (Wildman–Crippen MR) is 65.0 cm³/mol. The molecule has 16 heavy (non-hydrogen) atoms. The zero-order valence-corrected chi connectivity index (χ0v) is 10.5. The number of hydrogen-bond donors (Lipinski definition) is 0. The minimum atomic E-state index is -3.46. The fraction of sp³-hybridized carbons (Fsp3) is 0.364. The van der Waals surface area contributed by atoms with E-state index in [2.05, 4.69) is 4.99 Å². The van der Waals surface area contributed by atoms with Gasteiger partial charge in [0.05, 0.1) is 4.90 Å². The highest BCUT2D eigenvalue weighted by atomic mass is 32.2. The van der Waals surface area contributed by atoms with Crippen LogP contribution >= 0.6 is 0 Å². The van der Waals surface area contributed by atoms with Crippen LogP contribution in [0.2, 0.25) is 0 Å². The maximum Gasteiger partial charge on any atom is 0.264 e. The van der Waals surface area contributed by atoms with Crippen molar-refractivity contribution < 1.29 is 8.42 Å². The number of aliphatic imine (C=N–C) groups is 1. The van der Waals surface area contributed by atoms with Gasteiger partial charge in [0.2, 0.25) is 0 Å². The first kappa shape index (κ1) is 12.7. The van der Waals surface area contributed by atoms with Crippen molar-refractivity contribution in [3.63, 3.8) is 0 Å². The molecule has 0 heterocycles. The molecule has 0 atom stereocenters. The molecule has 0 aliphatic carbocycles. The van der Waals surface area contributed by atoms with Crippen molar-refractivity contribution in [2.45, 2.75) is 18.2 Å². The van der Waals surface area contributed by atoms with Crippen LogP contribution in [0.15, 0.2) is 40.2 Å². The minimum Gasteiger partial charge on any atom is -0.275 e. The Morgan fingerprint density at radius 2 is 1.88 bits per heavy atom. The monoisotopic (exact) mass is 240 g/mol. The van der Waals surface area contributed by atoms with Crippen LogP contribution in [-0.4, -0.2) is 32.7 Å². The summed E-state index contributed by atoms with van der Waals surface area (Å²) in [5.74, 6) is 0.545. The van der Waals surface area contributed by atoms with E-state index >= 15 is 0 Å². The molecule has 0 aliphatic rings. The second-order valence-corrected chi connectivity index (χ2v) is 5.25. The Morgan fingerprint density at radius 1 is 1.31 bits per heavy atom. The summed E-state index contributed by atoms with van der Waals surface area (Å²) in [4.78, 5) is 4.25. The van der Waals surface area contributed by atoms with Gasteiger partial charge in [-0.2, -0.15) is 0 Å². The molecule has 5 heteroatoms. The molecule has 0 aromatic heterocycles. The Balaban J connectivity index is 3.14. The van der Waals surface area contributed by atoms with Crippen molar-refractivity contribution in [3.05, 3.63) is 30.3 Å². The molecule has 1 aromatic rings. The molecule has 0 bridgehead atoms. The fourth-order valence-corrected chi connectivity index (χ4v) is 2.72. The number of amidine groups is 1. The van der Waals surface area contributed by atoms with E-state index in [9.17, 15) is 8.42 Å². The summed E-state index contributed by atoms with van der Waals surface area (Å²) >= 11 is 0. The van der Waals surface area contributed by atoms with Crippen LogP contribution in [0, 0.1) is 0 Å². The summed E-state index contributed by atoms with van der Waals surface area (Å²) in [5.41, 5.74) is 0. The number of hydrogen-bond acceptors (Lipinski definition) is 3. The van der Waals surface area contributed by atoms with Gasteiger partial charge in [0, 0.05) is 20.5 Å². The van der Waals surface area contributed by atoms with E-state index in [-0.39, 0.29) is 4.90 Å². The van der Waals surface area contributed by atoms with E-state index in [1.54, 1.807) is 37.4 Å². The molecule has 1 aromatic carbocycles. The summed E-state index contributed by atoms with van der Waals surface area (Å²) in [6, 6.07) is 8.35. The van der Waals surface area contributed by atoms with E-state index < -0.39 is 10.0 Å². The van der Waals surface area contributed by atoms with Gasteiger partial charge in [0.15, 0.2) is 0 Å². The second kappa shape index (κ2) is 5.12. The van der Waals surface area contributed by atoms with E-state index in [1.807, 2.05) is 6.92 Å². The maximum absolute atomic E-state index is 12.1. The molecule has 0 amide bonds. The van der Waals surface area contributed by atoms with Crippen LogP contribution in [0.5, 0.6) is 0 Å². The SMILES string of the molecule is CC/C(=N\C)N(C)S(=O)(=O)c1ccccc1. The zero-order valence-electron chi connectivity index (χ0n) is 9.71. The number of nitrogens with zero attached hydrogens (tertiary/aromatic N) is 2. The Hall–Kier alpha value is -1.36. The lowest BCUT2D eigenvalue weighted by Gasteiger charge is -2.20. The van der Waals surface area contributed by atoms with E-state index in [0.717, 1.165) is 0 Å². The van der Waals surface area contributed by atoms with Crippen LogP contribution in [0.4, 0.5) is 0 Å². The molecule has 4 nitrogen and oxygen atoms in total. The van der Waals surface area contributed by atoms with Crippen LogP contribution < -0.4 is 0 Å². The molecule has 0 saturated heterocycles. The summed E-state index contributed by atoms with van der Waals surface area (Å²) in [6.07, 6.45) is 0.582. The highest BCUT2D eigenvalue weighted by Crippen LogP contribution is 2.14. The Labute approximate surface area is 96.7 Å². The van der Waals surface area contributed by atoms with Gasteiger partial charge in [-0.25, -0.2) is 8.42 Å². The highest BCUT2D eigenvalue weighted by molar-refractivity contribution is 7.89. The molecule has 0 N–H and O–H groups in total. The quantitative estimate of drug-likeness (QED) is 0.597. The zero-order chi connectivity index (χ0) is 12.2. The van der Waals surface area contributed by atoms with Gasteiger partial charge >= 0.3 is 0 Å². The van der Waals surface area contributed by atoms with Crippen LogP contribution in [0.3, 0.4) is 0 Å². The molecule has 0 unspecified atom stereocenters. The smallest absolute Gasteiger partial charge is 0.264 e. The van der Waals surface area contributed by atoms with Gasteiger partial charge in [0.25, 0.3) is 10.0 Å². The van der Waals surface area contributed by atoms with Gasteiger partial charge in [-0.1, -0.05) is 25.1 Å². The summed E-state index contributed by atoms with van der Waals surface area (Å²) in [7, 11) is -0.345. The molecule has 0 spiro atoms. The third-order valence-electron chi connectivity index (χ3n) is 2.34. The van der Waals surface area contributed by atoms with Crippen molar-refractivity contribution in [2.75, 3.05) is 14.1 Å². The number of benzene rings is 1. The lowest BCUT2D eigenvalue weighted by molar-refractivity contribution is 0.549. The van der Waals surface area contributed by atoms with Crippen LogP contribution in [0.25, 0.3) is 0 Å². The second-order valence-electron chi connectivity index (χ2n) is 3.28. The molecular weight excluding hydrogens is 224 g/mol.